The molecule has 0 aliphatic carbocycles. The summed E-state index contributed by atoms with van der Waals surface area (Å²) >= 11 is 5.63. The molecular weight excluding hydrogens is 340 g/mol. The summed E-state index contributed by atoms with van der Waals surface area (Å²) in [5.74, 6) is 0.230. The van der Waals surface area contributed by atoms with Gasteiger partial charge in [0.2, 0.25) is 5.91 Å². The van der Waals surface area contributed by atoms with Crippen LogP contribution in [-0.2, 0) is 14.9 Å². The summed E-state index contributed by atoms with van der Waals surface area (Å²) in [7, 11) is -3.97. The zero-order chi connectivity index (χ0) is 16.4. The first-order valence-corrected chi connectivity index (χ1v) is 8.71. The lowest BCUT2D eigenvalue weighted by Crippen LogP contribution is -2.23. The summed E-state index contributed by atoms with van der Waals surface area (Å²) in [4.78, 5) is 17.0. The monoisotopic (exact) mass is 352 g/mol. The van der Waals surface area contributed by atoms with Crippen molar-refractivity contribution in [3.05, 3.63) is 47.7 Å². The molecule has 1 aromatic carbocycles. The maximum atomic E-state index is 12.1. The molecule has 1 aliphatic rings. The number of nitrogens with zero attached hydrogens (tertiary/aromatic N) is 2. The maximum absolute atomic E-state index is 12.1. The van der Waals surface area contributed by atoms with Gasteiger partial charge in [0.1, 0.15) is 15.8 Å². The Balaban J connectivity index is 1.77. The molecule has 8 heteroatoms. The van der Waals surface area contributed by atoms with E-state index in [0.29, 0.717) is 13.0 Å². The lowest BCUT2D eigenvalue weighted by molar-refractivity contribution is -0.117. The molecule has 120 valence electrons. The van der Waals surface area contributed by atoms with Crippen LogP contribution in [-0.4, -0.2) is 25.9 Å². The lowest BCUT2D eigenvalue weighted by Gasteiger charge is -2.16. The van der Waals surface area contributed by atoms with Crippen molar-refractivity contribution in [2.45, 2.75) is 17.7 Å². The van der Waals surface area contributed by atoms with Crippen molar-refractivity contribution < 1.29 is 17.4 Å². The van der Waals surface area contributed by atoms with E-state index in [0.717, 1.165) is 18.3 Å². The normalized spacial score (nSPS) is 15.0. The Morgan fingerprint density at radius 1 is 1.13 bits per heavy atom. The van der Waals surface area contributed by atoms with Gasteiger partial charge in [-0.15, -0.1) is 0 Å². The van der Waals surface area contributed by atoms with Crippen molar-refractivity contribution in [2.24, 2.45) is 0 Å². The van der Waals surface area contributed by atoms with Crippen LogP contribution in [0.3, 0.4) is 0 Å². The first-order valence-electron chi connectivity index (χ1n) is 6.92. The van der Waals surface area contributed by atoms with Crippen LogP contribution >= 0.6 is 11.6 Å². The van der Waals surface area contributed by atoms with Gasteiger partial charge in [0.15, 0.2) is 0 Å². The van der Waals surface area contributed by atoms with Gasteiger partial charge in [-0.3, -0.25) is 4.79 Å². The quantitative estimate of drug-likeness (QED) is 0.624. The van der Waals surface area contributed by atoms with Gasteiger partial charge >= 0.3 is 10.1 Å². The molecule has 0 radical (unpaired) electrons. The van der Waals surface area contributed by atoms with E-state index >= 15 is 0 Å². The Kier molecular flexibility index (Phi) is 4.23. The SMILES string of the molecule is O=C1CCCN1c1ccc(OS(=O)(=O)c2ccc(Cl)nc2)cc1. The summed E-state index contributed by atoms with van der Waals surface area (Å²) in [5, 5.41) is 0.198. The average Bonchev–Trinajstić information content (AvgIpc) is 2.94. The van der Waals surface area contributed by atoms with Crippen LogP contribution in [0.4, 0.5) is 5.69 Å². The summed E-state index contributed by atoms with van der Waals surface area (Å²) in [6.07, 6.45) is 2.50. The molecule has 1 aliphatic heterocycles. The Morgan fingerprint density at radius 3 is 2.43 bits per heavy atom. The molecule has 2 aromatic rings. The second-order valence-corrected chi connectivity index (χ2v) is 6.93. The summed E-state index contributed by atoms with van der Waals surface area (Å²) in [5.41, 5.74) is 0.727. The first-order chi connectivity index (χ1) is 11.0. The van der Waals surface area contributed by atoms with Gasteiger partial charge in [-0.1, -0.05) is 11.6 Å². The van der Waals surface area contributed by atoms with E-state index in [1.54, 1.807) is 17.0 Å². The predicted octanol–water partition coefficient (Wildman–Crippen LogP) is 2.63. The molecule has 6 nitrogen and oxygen atoms in total. The highest BCUT2D eigenvalue weighted by molar-refractivity contribution is 7.87. The van der Waals surface area contributed by atoms with Gasteiger partial charge in [0.25, 0.3) is 0 Å². The largest absolute Gasteiger partial charge is 0.379 e. The van der Waals surface area contributed by atoms with Gasteiger partial charge in [-0.05, 0) is 42.8 Å². The van der Waals surface area contributed by atoms with Crippen LogP contribution in [0.15, 0.2) is 47.5 Å². The molecule has 0 atom stereocenters. The molecule has 23 heavy (non-hydrogen) atoms. The standard InChI is InChI=1S/C15H13ClN2O4S/c16-14-8-7-13(10-17-14)23(20,21)22-12-5-3-11(4-6-12)18-9-1-2-15(18)19/h3-8,10H,1-2,9H2. The maximum Gasteiger partial charge on any atom is 0.340 e. The van der Waals surface area contributed by atoms with Crippen LogP contribution < -0.4 is 9.08 Å². The molecule has 0 spiro atoms. The van der Waals surface area contributed by atoms with Crippen LogP contribution in [0.2, 0.25) is 5.15 Å². The van der Waals surface area contributed by atoms with E-state index < -0.39 is 10.1 Å². The second kappa shape index (κ2) is 6.17. The number of hydrogen-bond acceptors (Lipinski definition) is 5. The first kappa shape index (κ1) is 15.8. The van der Waals surface area contributed by atoms with Gasteiger partial charge < -0.3 is 9.08 Å². The molecule has 0 unspecified atom stereocenters. The molecule has 2 heterocycles. The third-order valence-electron chi connectivity index (χ3n) is 3.42. The average molecular weight is 353 g/mol. The van der Waals surface area contributed by atoms with E-state index in [2.05, 4.69) is 4.98 Å². The van der Waals surface area contributed by atoms with Crippen LogP contribution in [0, 0.1) is 0 Å². The summed E-state index contributed by atoms with van der Waals surface area (Å²) in [6, 6.07) is 9.05. The zero-order valence-electron chi connectivity index (χ0n) is 12.0. The number of benzene rings is 1. The van der Waals surface area contributed by atoms with Gasteiger partial charge in [0.05, 0.1) is 6.20 Å². The minimum absolute atomic E-state index is 0.0681. The fourth-order valence-electron chi connectivity index (χ4n) is 2.29. The van der Waals surface area contributed by atoms with Crippen LogP contribution in [0.1, 0.15) is 12.8 Å². The highest BCUT2D eigenvalue weighted by Gasteiger charge is 2.22. The highest BCUT2D eigenvalue weighted by Crippen LogP contribution is 2.25. The highest BCUT2D eigenvalue weighted by atomic mass is 35.5. The molecule has 1 aromatic heterocycles. The van der Waals surface area contributed by atoms with E-state index in [1.807, 2.05) is 0 Å². The Morgan fingerprint density at radius 2 is 1.87 bits per heavy atom. The van der Waals surface area contributed by atoms with Crippen molar-refractivity contribution in [3.8, 4) is 5.75 Å². The van der Waals surface area contributed by atoms with E-state index in [4.69, 9.17) is 15.8 Å². The fraction of sp³-hybridized carbons (Fsp3) is 0.200. The topological polar surface area (TPSA) is 76.6 Å². The second-order valence-electron chi connectivity index (χ2n) is 5.00. The van der Waals surface area contributed by atoms with E-state index in [9.17, 15) is 13.2 Å². The Labute approximate surface area is 138 Å². The number of rotatable bonds is 4. The molecule has 0 saturated carbocycles. The molecule has 1 amide bonds. The van der Waals surface area contributed by atoms with Gasteiger partial charge in [-0.2, -0.15) is 8.42 Å². The third-order valence-corrected chi connectivity index (χ3v) is 4.87. The van der Waals surface area contributed by atoms with Crippen molar-refractivity contribution in [1.82, 2.24) is 4.98 Å². The molecule has 0 N–H and O–H groups in total. The van der Waals surface area contributed by atoms with Crippen LogP contribution in [0.5, 0.6) is 5.75 Å². The number of pyridine rings is 1. The smallest absolute Gasteiger partial charge is 0.340 e. The van der Waals surface area contributed by atoms with Crippen LogP contribution in [0.25, 0.3) is 0 Å². The van der Waals surface area contributed by atoms with E-state index in [1.165, 1.54) is 24.3 Å². The predicted molar refractivity (Wildman–Crippen MR) is 85.1 cm³/mol. The van der Waals surface area contributed by atoms with Gasteiger partial charge in [-0.25, -0.2) is 4.98 Å². The van der Waals surface area contributed by atoms with Crippen molar-refractivity contribution in [3.63, 3.8) is 0 Å². The van der Waals surface area contributed by atoms with Crippen molar-refractivity contribution in [1.29, 1.82) is 0 Å². The number of carbonyl (C=O) groups is 1. The zero-order valence-corrected chi connectivity index (χ0v) is 13.5. The lowest BCUT2D eigenvalue weighted by atomic mass is 10.3. The minimum Gasteiger partial charge on any atom is -0.379 e. The van der Waals surface area contributed by atoms with Gasteiger partial charge in [0, 0.05) is 18.7 Å². The fourth-order valence-corrected chi connectivity index (χ4v) is 3.28. The van der Waals surface area contributed by atoms with Crippen molar-refractivity contribution in [2.75, 3.05) is 11.4 Å². The number of carbonyl (C=O) groups excluding carboxylic acids is 1. The Hall–Kier alpha value is -2.12. The number of halogens is 1. The van der Waals surface area contributed by atoms with E-state index in [-0.39, 0.29) is 21.7 Å². The number of aromatic nitrogens is 1. The summed E-state index contributed by atoms with van der Waals surface area (Å²) in [6.45, 7) is 0.674. The molecule has 0 bridgehead atoms. The molecule has 1 saturated heterocycles. The number of amides is 1. The molecule has 1 fully saturated rings. The molecular formula is C15H13ClN2O4S. The molecule has 3 rings (SSSR count). The third kappa shape index (κ3) is 3.46. The minimum atomic E-state index is -3.97. The summed E-state index contributed by atoms with van der Waals surface area (Å²) < 4.78 is 29.3. The number of anilines is 1. The van der Waals surface area contributed by atoms with Crippen molar-refractivity contribution >= 4 is 33.3 Å². The number of hydrogen-bond donors (Lipinski definition) is 0. The Bertz CT molecular complexity index is 820.